The van der Waals surface area contributed by atoms with Gasteiger partial charge in [-0.25, -0.2) is 0 Å². The Labute approximate surface area is 184 Å². The molecule has 2 rings (SSSR count). The molecular weight excluding hydrogens is 397 g/mol. The van der Waals surface area contributed by atoms with Gasteiger partial charge in [0.25, 0.3) is 0 Å². The molecule has 1 saturated heterocycles. The molecule has 1 aliphatic rings. The molecule has 1 aliphatic heterocycles. The summed E-state index contributed by atoms with van der Waals surface area (Å²) in [5.41, 5.74) is 6.35. The molecule has 1 heterocycles. The topological polar surface area (TPSA) is 120 Å². The summed E-state index contributed by atoms with van der Waals surface area (Å²) in [6, 6.07) is 5.83. The van der Waals surface area contributed by atoms with Crippen LogP contribution in [0.2, 0.25) is 0 Å². The van der Waals surface area contributed by atoms with Crippen LogP contribution in [0.1, 0.15) is 54.0 Å². The van der Waals surface area contributed by atoms with E-state index in [0.29, 0.717) is 0 Å². The zero-order valence-corrected chi connectivity index (χ0v) is 19.4. The van der Waals surface area contributed by atoms with Crippen molar-refractivity contribution in [3.05, 3.63) is 29.8 Å². The van der Waals surface area contributed by atoms with Crippen molar-refractivity contribution in [3.8, 4) is 0 Å². The first-order valence-corrected chi connectivity index (χ1v) is 10.5. The molecule has 1 aromatic carbocycles. The number of rotatable bonds is 8. The number of amides is 3. The van der Waals surface area contributed by atoms with Gasteiger partial charge in [0.1, 0.15) is 12.1 Å². The summed E-state index contributed by atoms with van der Waals surface area (Å²) in [6.45, 7) is 12.9. The van der Waals surface area contributed by atoms with Gasteiger partial charge in [-0.1, -0.05) is 38.1 Å². The molecule has 8 nitrogen and oxygen atoms in total. The monoisotopic (exact) mass is 431 g/mol. The fraction of sp³-hybridized carbons (Fsp3) is 0.591. The molecule has 1 fully saturated rings. The number of nitrogens with two attached hydrogens (primary N) is 1. The van der Waals surface area contributed by atoms with Gasteiger partial charge in [0, 0.05) is 13.3 Å². The first-order chi connectivity index (χ1) is 14.2. The van der Waals surface area contributed by atoms with E-state index in [9.17, 15) is 14.4 Å². The molecular formula is C22H34BN3O5. The largest absolute Gasteiger partial charge is 0.494 e. The Balaban J connectivity index is 2.08. The molecule has 2 atom stereocenters. The maximum absolute atomic E-state index is 12.6. The van der Waals surface area contributed by atoms with Crippen molar-refractivity contribution in [2.45, 2.75) is 78.2 Å². The second-order valence-electron chi connectivity index (χ2n) is 9.42. The summed E-state index contributed by atoms with van der Waals surface area (Å²) in [6.07, 6.45) is 0.232. The van der Waals surface area contributed by atoms with Crippen molar-refractivity contribution in [2.24, 2.45) is 11.7 Å². The molecule has 1 aromatic rings. The van der Waals surface area contributed by atoms with Crippen molar-refractivity contribution >= 4 is 30.3 Å². The standard InChI is InChI=1S/C22H34BN3O5/c1-13(2)18(25-14(3)27)20(29)26-17(19(24)28)12-15-8-10-16(11-9-15)23-30-21(4,5)22(6,7)31-23/h8-11,13,17-18H,12H2,1-7H3,(H2,24,28)(H,25,27)(H,26,29)/t17-,18+/m0/s1. The molecule has 0 aromatic heterocycles. The summed E-state index contributed by atoms with van der Waals surface area (Å²) < 4.78 is 12.1. The Bertz CT molecular complexity index is 807. The van der Waals surface area contributed by atoms with Gasteiger partial charge in [0.2, 0.25) is 17.7 Å². The van der Waals surface area contributed by atoms with Crippen molar-refractivity contribution in [2.75, 3.05) is 0 Å². The smallest absolute Gasteiger partial charge is 0.399 e. The third-order valence-corrected chi connectivity index (χ3v) is 5.91. The summed E-state index contributed by atoms with van der Waals surface area (Å²) >= 11 is 0. The van der Waals surface area contributed by atoms with E-state index in [2.05, 4.69) is 10.6 Å². The highest BCUT2D eigenvalue weighted by molar-refractivity contribution is 6.62. The normalized spacial score (nSPS) is 19.0. The third kappa shape index (κ3) is 6.07. The van der Waals surface area contributed by atoms with E-state index in [4.69, 9.17) is 15.0 Å². The molecule has 0 spiro atoms. The molecule has 3 amide bonds. The highest BCUT2D eigenvalue weighted by Crippen LogP contribution is 2.36. The fourth-order valence-corrected chi connectivity index (χ4v) is 3.26. The van der Waals surface area contributed by atoms with Crippen molar-refractivity contribution in [1.82, 2.24) is 10.6 Å². The number of carbonyl (C=O) groups excluding carboxylic acids is 3. The first kappa shape index (κ1) is 24.9. The number of benzene rings is 1. The van der Waals surface area contributed by atoms with Gasteiger partial charge in [-0.3, -0.25) is 14.4 Å². The van der Waals surface area contributed by atoms with Crippen LogP contribution in [0.3, 0.4) is 0 Å². The summed E-state index contributed by atoms with van der Waals surface area (Å²) in [5, 5.41) is 5.27. The van der Waals surface area contributed by atoms with Crippen LogP contribution < -0.4 is 21.8 Å². The lowest BCUT2D eigenvalue weighted by molar-refractivity contribution is -0.131. The SMILES string of the molecule is CC(=O)N[C@@H](C(=O)N[C@@H](Cc1ccc(B2OC(C)(C)C(C)(C)O2)cc1)C(N)=O)C(C)C. The summed E-state index contributed by atoms with van der Waals surface area (Å²) in [4.78, 5) is 36.0. The van der Waals surface area contributed by atoms with Crippen LogP contribution in [0.15, 0.2) is 24.3 Å². The van der Waals surface area contributed by atoms with Gasteiger partial charge < -0.3 is 25.7 Å². The average Bonchev–Trinajstić information content (AvgIpc) is 2.86. The van der Waals surface area contributed by atoms with Crippen molar-refractivity contribution < 1.29 is 23.7 Å². The van der Waals surface area contributed by atoms with Crippen LogP contribution in [0.4, 0.5) is 0 Å². The van der Waals surface area contributed by atoms with E-state index < -0.39 is 42.2 Å². The molecule has 4 N–H and O–H groups in total. The Morgan fingerprint density at radius 3 is 1.94 bits per heavy atom. The van der Waals surface area contributed by atoms with Gasteiger partial charge in [-0.15, -0.1) is 0 Å². The minimum Gasteiger partial charge on any atom is -0.399 e. The lowest BCUT2D eigenvalue weighted by Crippen LogP contribution is -2.55. The first-order valence-electron chi connectivity index (χ1n) is 10.5. The Kier molecular flexibility index (Phi) is 7.55. The van der Waals surface area contributed by atoms with Crippen LogP contribution >= 0.6 is 0 Å². The maximum atomic E-state index is 12.6. The van der Waals surface area contributed by atoms with E-state index in [1.54, 1.807) is 0 Å². The lowest BCUT2D eigenvalue weighted by atomic mass is 9.78. The maximum Gasteiger partial charge on any atom is 0.494 e. The summed E-state index contributed by atoms with van der Waals surface area (Å²) in [5.74, 6) is -1.55. The highest BCUT2D eigenvalue weighted by Gasteiger charge is 2.51. The zero-order chi connectivity index (χ0) is 23.6. The van der Waals surface area contributed by atoms with Crippen LogP contribution in [0, 0.1) is 5.92 Å². The second kappa shape index (κ2) is 9.40. The quantitative estimate of drug-likeness (QED) is 0.523. The van der Waals surface area contributed by atoms with Crippen LogP contribution in [-0.4, -0.2) is 48.1 Å². The van der Waals surface area contributed by atoms with Crippen LogP contribution in [0.25, 0.3) is 0 Å². The summed E-state index contributed by atoms with van der Waals surface area (Å²) in [7, 11) is -0.477. The molecule has 0 bridgehead atoms. The molecule has 0 unspecified atom stereocenters. The average molecular weight is 431 g/mol. The van der Waals surface area contributed by atoms with E-state index >= 15 is 0 Å². The lowest BCUT2D eigenvalue weighted by Gasteiger charge is -2.32. The fourth-order valence-electron chi connectivity index (χ4n) is 3.26. The van der Waals surface area contributed by atoms with Gasteiger partial charge in [0.15, 0.2) is 0 Å². The number of hydrogen-bond donors (Lipinski definition) is 3. The van der Waals surface area contributed by atoms with Crippen molar-refractivity contribution in [1.29, 1.82) is 0 Å². The number of hydrogen-bond acceptors (Lipinski definition) is 5. The Morgan fingerprint density at radius 2 is 1.52 bits per heavy atom. The van der Waals surface area contributed by atoms with Gasteiger partial charge in [-0.2, -0.15) is 0 Å². The molecule has 0 aliphatic carbocycles. The van der Waals surface area contributed by atoms with E-state index in [1.807, 2.05) is 65.8 Å². The number of carbonyl (C=O) groups is 3. The highest BCUT2D eigenvalue weighted by atomic mass is 16.7. The molecule has 0 radical (unpaired) electrons. The zero-order valence-electron chi connectivity index (χ0n) is 19.4. The van der Waals surface area contributed by atoms with Crippen molar-refractivity contribution in [3.63, 3.8) is 0 Å². The molecule has 170 valence electrons. The second-order valence-corrected chi connectivity index (χ2v) is 9.42. The van der Waals surface area contributed by atoms with Gasteiger partial charge >= 0.3 is 7.12 Å². The third-order valence-electron chi connectivity index (χ3n) is 5.91. The molecule has 31 heavy (non-hydrogen) atoms. The minimum absolute atomic E-state index is 0.142. The van der Waals surface area contributed by atoms with Crippen LogP contribution in [0.5, 0.6) is 0 Å². The van der Waals surface area contributed by atoms with E-state index in [1.165, 1.54) is 6.92 Å². The predicted octanol–water partition coefficient (Wildman–Crippen LogP) is 0.659. The molecule has 9 heteroatoms. The van der Waals surface area contributed by atoms with Gasteiger partial charge in [-0.05, 0) is 44.6 Å². The minimum atomic E-state index is -0.898. The van der Waals surface area contributed by atoms with Crippen LogP contribution in [-0.2, 0) is 30.1 Å². The van der Waals surface area contributed by atoms with E-state index in [-0.39, 0.29) is 18.2 Å². The number of nitrogens with one attached hydrogen (secondary N) is 2. The predicted molar refractivity (Wildman–Crippen MR) is 119 cm³/mol. The Morgan fingerprint density at radius 1 is 1.00 bits per heavy atom. The van der Waals surface area contributed by atoms with E-state index in [0.717, 1.165) is 11.0 Å². The number of primary amides is 1. The molecule has 0 saturated carbocycles. The Hall–Kier alpha value is -2.39. The van der Waals surface area contributed by atoms with Gasteiger partial charge in [0.05, 0.1) is 11.2 Å².